The van der Waals surface area contributed by atoms with E-state index in [2.05, 4.69) is 19.2 Å². The van der Waals surface area contributed by atoms with E-state index in [0.29, 0.717) is 6.42 Å². The van der Waals surface area contributed by atoms with Gasteiger partial charge >= 0.3 is 0 Å². The molecule has 1 unspecified atom stereocenters. The molecule has 3 nitrogen and oxygen atoms in total. The van der Waals surface area contributed by atoms with Crippen LogP contribution in [-0.2, 0) is 4.79 Å². The van der Waals surface area contributed by atoms with Crippen LogP contribution in [0.5, 0.6) is 0 Å². The lowest BCUT2D eigenvalue weighted by Crippen LogP contribution is -2.49. The van der Waals surface area contributed by atoms with Crippen LogP contribution in [0.3, 0.4) is 0 Å². The van der Waals surface area contributed by atoms with Gasteiger partial charge in [-0.2, -0.15) is 0 Å². The van der Waals surface area contributed by atoms with Crippen LogP contribution in [0, 0.1) is 0 Å². The fourth-order valence-electron chi connectivity index (χ4n) is 2.57. The van der Waals surface area contributed by atoms with Crippen LogP contribution in [0.25, 0.3) is 0 Å². The van der Waals surface area contributed by atoms with Gasteiger partial charge in [0, 0.05) is 32.1 Å². The molecule has 1 saturated carbocycles. The second-order valence-corrected chi connectivity index (χ2v) is 5.66. The normalized spacial score (nSPS) is 21.5. The summed E-state index contributed by atoms with van der Waals surface area (Å²) in [6.07, 6.45) is 7.08. The first-order valence-corrected chi connectivity index (χ1v) is 6.41. The minimum atomic E-state index is 0.208. The van der Waals surface area contributed by atoms with Gasteiger partial charge < -0.3 is 10.2 Å². The number of hydrogen-bond donors (Lipinski definition) is 1. The molecular formula is C13H26N2O. The monoisotopic (exact) mass is 226 g/mol. The zero-order valence-corrected chi connectivity index (χ0v) is 11.2. The molecule has 0 saturated heterocycles. The number of rotatable bonds is 4. The maximum atomic E-state index is 11.6. The lowest BCUT2D eigenvalue weighted by atomic mass is 9.82. The molecule has 1 aliphatic carbocycles. The molecule has 16 heavy (non-hydrogen) atoms. The predicted octanol–water partition coefficient (Wildman–Crippen LogP) is 2.17. The Labute approximate surface area is 99.6 Å². The SMILES string of the molecule is CC(CC(=O)N(C)C)NC1(C)CCCCC1. The van der Waals surface area contributed by atoms with E-state index in [4.69, 9.17) is 0 Å². The Morgan fingerprint density at radius 3 is 2.38 bits per heavy atom. The van der Waals surface area contributed by atoms with Crippen LogP contribution in [0.2, 0.25) is 0 Å². The van der Waals surface area contributed by atoms with Crippen molar-refractivity contribution < 1.29 is 4.79 Å². The molecule has 1 aliphatic rings. The molecule has 0 spiro atoms. The largest absolute Gasteiger partial charge is 0.349 e. The van der Waals surface area contributed by atoms with Crippen molar-refractivity contribution in [3.63, 3.8) is 0 Å². The summed E-state index contributed by atoms with van der Waals surface area (Å²) >= 11 is 0. The first-order chi connectivity index (χ1) is 7.43. The van der Waals surface area contributed by atoms with Crippen LogP contribution < -0.4 is 5.32 Å². The summed E-state index contributed by atoms with van der Waals surface area (Å²) < 4.78 is 0. The Kier molecular flexibility index (Phi) is 4.78. The summed E-state index contributed by atoms with van der Waals surface area (Å²) in [5.74, 6) is 0.208. The lowest BCUT2D eigenvalue weighted by Gasteiger charge is -2.37. The topological polar surface area (TPSA) is 32.3 Å². The molecule has 1 rings (SSSR count). The summed E-state index contributed by atoms with van der Waals surface area (Å²) in [5.41, 5.74) is 0.254. The molecule has 3 heteroatoms. The van der Waals surface area contributed by atoms with Gasteiger partial charge in [0.2, 0.25) is 5.91 Å². The highest BCUT2D eigenvalue weighted by atomic mass is 16.2. The average Bonchev–Trinajstić information content (AvgIpc) is 2.17. The number of amides is 1. The highest BCUT2D eigenvalue weighted by Gasteiger charge is 2.28. The Hall–Kier alpha value is -0.570. The fourth-order valence-corrected chi connectivity index (χ4v) is 2.57. The van der Waals surface area contributed by atoms with Crippen molar-refractivity contribution in [2.75, 3.05) is 14.1 Å². The van der Waals surface area contributed by atoms with Crippen molar-refractivity contribution in [3.8, 4) is 0 Å². The van der Waals surface area contributed by atoms with Crippen LogP contribution in [0.15, 0.2) is 0 Å². The predicted molar refractivity (Wildman–Crippen MR) is 67.4 cm³/mol. The third-order valence-electron chi connectivity index (χ3n) is 3.53. The highest BCUT2D eigenvalue weighted by molar-refractivity contribution is 5.76. The first-order valence-electron chi connectivity index (χ1n) is 6.41. The third kappa shape index (κ3) is 4.12. The first kappa shape index (κ1) is 13.5. The van der Waals surface area contributed by atoms with E-state index in [0.717, 1.165) is 0 Å². The van der Waals surface area contributed by atoms with Crippen molar-refractivity contribution in [1.82, 2.24) is 10.2 Å². The quantitative estimate of drug-likeness (QED) is 0.797. The van der Waals surface area contributed by atoms with Gasteiger partial charge in [0.1, 0.15) is 0 Å². The third-order valence-corrected chi connectivity index (χ3v) is 3.53. The van der Waals surface area contributed by atoms with Gasteiger partial charge in [-0.15, -0.1) is 0 Å². The maximum absolute atomic E-state index is 11.6. The fraction of sp³-hybridized carbons (Fsp3) is 0.923. The summed E-state index contributed by atoms with van der Waals surface area (Å²) in [7, 11) is 3.63. The van der Waals surface area contributed by atoms with E-state index in [1.54, 1.807) is 4.90 Å². The van der Waals surface area contributed by atoms with Crippen LogP contribution >= 0.6 is 0 Å². The Morgan fingerprint density at radius 1 is 1.31 bits per heavy atom. The zero-order chi connectivity index (χ0) is 12.2. The Bertz CT molecular complexity index is 232. The number of carbonyl (C=O) groups excluding carboxylic acids is 1. The lowest BCUT2D eigenvalue weighted by molar-refractivity contribution is -0.129. The van der Waals surface area contributed by atoms with E-state index in [1.165, 1.54) is 32.1 Å². The molecule has 0 aliphatic heterocycles. The molecule has 94 valence electrons. The van der Waals surface area contributed by atoms with Gasteiger partial charge in [-0.25, -0.2) is 0 Å². The highest BCUT2D eigenvalue weighted by Crippen LogP contribution is 2.28. The number of nitrogens with zero attached hydrogens (tertiary/aromatic N) is 1. The van der Waals surface area contributed by atoms with E-state index in [-0.39, 0.29) is 17.5 Å². The molecule has 0 bridgehead atoms. The summed E-state index contributed by atoms with van der Waals surface area (Å²) in [5, 5.41) is 3.63. The molecule has 1 atom stereocenters. The number of hydrogen-bond acceptors (Lipinski definition) is 2. The van der Waals surface area contributed by atoms with E-state index >= 15 is 0 Å². The molecule has 0 aromatic carbocycles. The van der Waals surface area contributed by atoms with Gasteiger partial charge in [-0.3, -0.25) is 4.79 Å². The second kappa shape index (κ2) is 5.67. The molecule has 0 radical (unpaired) electrons. The standard InChI is InChI=1S/C13H26N2O/c1-11(10-12(16)15(3)4)14-13(2)8-6-5-7-9-13/h11,14H,5-10H2,1-4H3. The van der Waals surface area contributed by atoms with E-state index < -0.39 is 0 Å². The molecule has 1 amide bonds. The number of carbonyl (C=O) groups is 1. The van der Waals surface area contributed by atoms with E-state index in [9.17, 15) is 4.79 Å². The smallest absolute Gasteiger partial charge is 0.223 e. The Balaban J connectivity index is 2.37. The minimum Gasteiger partial charge on any atom is -0.349 e. The van der Waals surface area contributed by atoms with Gasteiger partial charge in [-0.05, 0) is 26.7 Å². The Morgan fingerprint density at radius 2 is 1.88 bits per heavy atom. The van der Waals surface area contributed by atoms with Gasteiger partial charge in [0.05, 0.1) is 0 Å². The summed E-state index contributed by atoms with van der Waals surface area (Å²) in [6.45, 7) is 4.41. The van der Waals surface area contributed by atoms with Crippen molar-refractivity contribution in [3.05, 3.63) is 0 Å². The van der Waals surface area contributed by atoms with Crippen molar-refractivity contribution in [2.45, 2.75) is 64.0 Å². The number of nitrogens with one attached hydrogen (secondary N) is 1. The summed E-state index contributed by atoms with van der Waals surface area (Å²) in [4.78, 5) is 13.3. The van der Waals surface area contributed by atoms with Crippen molar-refractivity contribution in [2.24, 2.45) is 0 Å². The zero-order valence-electron chi connectivity index (χ0n) is 11.2. The molecule has 1 N–H and O–H groups in total. The van der Waals surface area contributed by atoms with Crippen molar-refractivity contribution in [1.29, 1.82) is 0 Å². The summed E-state index contributed by atoms with van der Waals surface area (Å²) in [6, 6.07) is 0.276. The minimum absolute atomic E-state index is 0.208. The molecule has 0 aromatic heterocycles. The average molecular weight is 226 g/mol. The van der Waals surface area contributed by atoms with Gasteiger partial charge in [0.25, 0.3) is 0 Å². The molecule has 1 fully saturated rings. The molecular weight excluding hydrogens is 200 g/mol. The molecule has 0 heterocycles. The van der Waals surface area contributed by atoms with E-state index in [1.807, 2.05) is 14.1 Å². The van der Waals surface area contributed by atoms with Gasteiger partial charge in [-0.1, -0.05) is 19.3 Å². The van der Waals surface area contributed by atoms with Crippen LogP contribution in [0.1, 0.15) is 52.4 Å². The van der Waals surface area contributed by atoms with Crippen LogP contribution in [0.4, 0.5) is 0 Å². The van der Waals surface area contributed by atoms with Gasteiger partial charge in [0.15, 0.2) is 0 Å². The van der Waals surface area contributed by atoms with Crippen molar-refractivity contribution >= 4 is 5.91 Å². The van der Waals surface area contributed by atoms with Crippen LogP contribution in [-0.4, -0.2) is 36.5 Å². The molecule has 0 aromatic rings. The maximum Gasteiger partial charge on any atom is 0.223 e. The second-order valence-electron chi connectivity index (χ2n) is 5.66.